The van der Waals surface area contributed by atoms with Crippen LogP contribution in [0.1, 0.15) is 34.6 Å². The molecule has 0 aliphatic carbocycles. The highest BCUT2D eigenvalue weighted by Crippen LogP contribution is 2.46. The van der Waals surface area contributed by atoms with E-state index >= 15 is 0 Å². The molecule has 7 nitrogen and oxygen atoms in total. The summed E-state index contributed by atoms with van der Waals surface area (Å²) in [5, 5.41) is 6.99. The minimum atomic E-state index is -4.55. The van der Waals surface area contributed by atoms with E-state index in [2.05, 4.69) is 15.3 Å². The number of fused-ring (bicyclic) bond motifs is 1. The van der Waals surface area contributed by atoms with Crippen molar-refractivity contribution in [1.29, 1.82) is 0 Å². The molecular weight excluding hydrogens is 435 g/mol. The van der Waals surface area contributed by atoms with Crippen molar-refractivity contribution in [1.82, 2.24) is 19.6 Å². The Morgan fingerprint density at radius 2 is 1.84 bits per heavy atom. The third kappa shape index (κ3) is 4.18. The average molecular weight is 458 g/mol. The topological polar surface area (TPSA) is 62.6 Å². The molecule has 0 radical (unpaired) electrons. The number of rotatable bonds is 3. The minimum Gasteiger partial charge on any atom is -0.497 e. The molecule has 2 atom stereocenters. The van der Waals surface area contributed by atoms with E-state index in [9.17, 15) is 18.0 Å². The lowest BCUT2D eigenvalue weighted by atomic mass is 9.97. The Kier molecular flexibility index (Phi) is 5.78. The molecule has 11 heteroatoms. The van der Waals surface area contributed by atoms with Gasteiger partial charge in [0.1, 0.15) is 16.6 Å². The van der Waals surface area contributed by atoms with E-state index in [0.717, 1.165) is 4.68 Å². The third-order valence-electron chi connectivity index (χ3n) is 5.81. The summed E-state index contributed by atoms with van der Waals surface area (Å²) in [5.74, 6) is 0.160. The van der Waals surface area contributed by atoms with E-state index in [4.69, 9.17) is 16.3 Å². The second-order valence-electron chi connectivity index (χ2n) is 7.81. The molecule has 2 aliphatic heterocycles. The lowest BCUT2D eigenvalue weighted by Crippen LogP contribution is -2.47. The van der Waals surface area contributed by atoms with Gasteiger partial charge in [0.2, 0.25) is 0 Å². The van der Waals surface area contributed by atoms with Gasteiger partial charge in [0.25, 0.3) is 5.91 Å². The first-order valence-corrected chi connectivity index (χ1v) is 10.3. The molecular formula is C20H23ClF3N5O2. The van der Waals surface area contributed by atoms with Gasteiger partial charge in [-0.15, -0.1) is 0 Å². The van der Waals surface area contributed by atoms with Gasteiger partial charge in [-0.2, -0.15) is 18.3 Å². The zero-order valence-corrected chi connectivity index (χ0v) is 17.9. The predicted octanol–water partition coefficient (Wildman–Crippen LogP) is 3.59. The number of anilines is 1. The Morgan fingerprint density at radius 1 is 1.19 bits per heavy atom. The Bertz CT molecular complexity index is 955. The largest absolute Gasteiger partial charge is 0.497 e. The monoisotopic (exact) mass is 457 g/mol. The maximum atomic E-state index is 13.9. The SMILES string of the molecule is COc1ccc([C@@H]2C[C@@H](C(F)(F)F)n3nc(C(=O)N4CCN(C)CC4)c(Cl)c3N2)cc1. The van der Waals surface area contributed by atoms with E-state index in [1.807, 2.05) is 7.05 Å². The second kappa shape index (κ2) is 8.23. The standard InChI is InChI=1S/C20H23ClF3N5O2/c1-27-7-9-28(10-8-27)19(30)17-16(21)18-25-14(12-3-5-13(31-2)6-4-12)11-15(20(22,23)24)29(18)26-17/h3-6,14-15,25H,7-11H2,1-2H3/t14-,15-/m0/s1. The number of ether oxygens (including phenoxy) is 1. The number of amides is 1. The fourth-order valence-electron chi connectivity index (χ4n) is 3.94. The summed E-state index contributed by atoms with van der Waals surface area (Å²) < 4.78 is 47.7. The second-order valence-corrected chi connectivity index (χ2v) is 8.19. The Morgan fingerprint density at radius 3 is 2.42 bits per heavy atom. The molecule has 1 aromatic heterocycles. The Labute approximate surface area is 182 Å². The van der Waals surface area contributed by atoms with Crippen molar-refractivity contribution in [3.05, 3.63) is 40.5 Å². The zero-order valence-electron chi connectivity index (χ0n) is 17.1. The molecule has 4 rings (SSSR count). The fraction of sp³-hybridized carbons (Fsp3) is 0.500. The molecule has 1 N–H and O–H groups in total. The van der Waals surface area contributed by atoms with Gasteiger partial charge >= 0.3 is 6.18 Å². The van der Waals surface area contributed by atoms with E-state index in [0.29, 0.717) is 37.5 Å². The molecule has 31 heavy (non-hydrogen) atoms. The number of halogens is 4. The Hall–Kier alpha value is -2.46. The summed E-state index contributed by atoms with van der Waals surface area (Å²) in [4.78, 5) is 16.6. The van der Waals surface area contributed by atoms with Crippen molar-refractivity contribution in [2.45, 2.75) is 24.7 Å². The minimum absolute atomic E-state index is 0.00790. The maximum Gasteiger partial charge on any atom is 0.410 e. The first-order chi connectivity index (χ1) is 14.7. The molecule has 1 aromatic carbocycles. The average Bonchev–Trinajstić information content (AvgIpc) is 3.09. The van der Waals surface area contributed by atoms with Gasteiger partial charge in [-0.3, -0.25) is 4.79 Å². The van der Waals surface area contributed by atoms with Gasteiger partial charge in [0.05, 0.1) is 13.2 Å². The van der Waals surface area contributed by atoms with Crippen molar-refractivity contribution in [3.8, 4) is 5.75 Å². The number of nitrogens with one attached hydrogen (secondary N) is 1. The number of carbonyl (C=O) groups excluding carboxylic acids is 1. The molecule has 1 fully saturated rings. The number of hydrogen-bond donors (Lipinski definition) is 1. The number of nitrogens with zero attached hydrogens (tertiary/aromatic N) is 4. The first kappa shape index (κ1) is 21.8. The molecule has 168 valence electrons. The maximum absolute atomic E-state index is 13.9. The number of benzene rings is 1. The van der Waals surface area contributed by atoms with Gasteiger partial charge in [-0.05, 0) is 24.7 Å². The summed E-state index contributed by atoms with van der Waals surface area (Å²) in [6.07, 6.45) is -4.83. The highest BCUT2D eigenvalue weighted by Gasteiger charge is 2.48. The molecule has 0 bridgehead atoms. The number of carbonyl (C=O) groups is 1. The Balaban J connectivity index is 1.68. The van der Waals surface area contributed by atoms with Crippen LogP contribution < -0.4 is 10.1 Å². The molecule has 1 amide bonds. The first-order valence-electron chi connectivity index (χ1n) is 9.92. The molecule has 0 saturated carbocycles. The fourth-order valence-corrected chi connectivity index (χ4v) is 4.20. The summed E-state index contributed by atoms with van der Waals surface area (Å²) in [5.41, 5.74) is 0.504. The molecule has 2 aliphatic rings. The quantitative estimate of drug-likeness (QED) is 0.763. The highest BCUT2D eigenvalue weighted by molar-refractivity contribution is 6.36. The van der Waals surface area contributed by atoms with Gasteiger partial charge < -0.3 is 19.9 Å². The van der Waals surface area contributed by atoms with E-state index in [1.54, 1.807) is 29.2 Å². The number of likely N-dealkylation sites (N-methyl/N-ethyl adjacent to an activating group) is 1. The van der Waals surface area contributed by atoms with Crippen molar-refractivity contribution in [2.75, 3.05) is 45.7 Å². The molecule has 0 spiro atoms. The number of piperazine rings is 1. The molecule has 1 saturated heterocycles. The number of alkyl halides is 3. The van der Waals surface area contributed by atoms with E-state index in [1.165, 1.54) is 7.11 Å². The van der Waals surface area contributed by atoms with Crippen LogP contribution in [0.15, 0.2) is 24.3 Å². The predicted molar refractivity (Wildman–Crippen MR) is 110 cm³/mol. The lowest BCUT2D eigenvalue weighted by Gasteiger charge is -2.33. The van der Waals surface area contributed by atoms with Crippen molar-refractivity contribution in [2.24, 2.45) is 0 Å². The summed E-state index contributed by atoms with van der Waals surface area (Å²) in [6, 6.07) is 4.25. The number of hydrogen-bond acceptors (Lipinski definition) is 5. The molecule has 0 unspecified atom stereocenters. The van der Waals surface area contributed by atoms with Gasteiger partial charge in [-0.25, -0.2) is 4.68 Å². The van der Waals surface area contributed by atoms with Gasteiger partial charge in [0, 0.05) is 32.6 Å². The summed E-state index contributed by atoms with van der Waals surface area (Å²) in [6.45, 7) is 2.30. The van der Waals surface area contributed by atoms with E-state index in [-0.39, 0.29) is 23.0 Å². The van der Waals surface area contributed by atoms with Crippen LogP contribution in [0.2, 0.25) is 5.02 Å². The van der Waals surface area contributed by atoms with Crippen LogP contribution in [0.5, 0.6) is 5.75 Å². The smallest absolute Gasteiger partial charge is 0.410 e. The van der Waals surface area contributed by atoms with Crippen LogP contribution in [0.3, 0.4) is 0 Å². The van der Waals surface area contributed by atoms with Crippen LogP contribution >= 0.6 is 11.6 Å². The molecule has 2 aromatic rings. The third-order valence-corrected chi connectivity index (χ3v) is 6.16. The van der Waals surface area contributed by atoms with Crippen molar-refractivity contribution >= 4 is 23.3 Å². The van der Waals surface area contributed by atoms with Crippen LogP contribution in [-0.2, 0) is 0 Å². The van der Waals surface area contributed by atoms with Gasteiger partial charge in [-0.1, -0.05) is 23.7 Å². The number of aromatic nitrogens is 2. The van der Waals surface area contributed by atoms with Crippen LogP contribution in [-0.4, -0.2) is 72.0 Å². The number of methoxy groups -OCH3 is 1. The van der Waals surface area contributed by atoms with Crippen molar-refractivity contribution in [3.63, 3.8) is 0 Å². The summed E-state index contributed by atoms with van der Waals surface area (Å²) in [7, 11) is 3.46. The summed E-state index contributed by atoms with van der Waals surface area (Å²) >= 11 is 6.41. The molecule has 3 heterocycles. The van der Waals surface area contributed by atoms with Crippen LogP contribution in [0, 0.1) is 0 Å². The van der Waals surface area contributed by atoms with Crippen LogP contribution in [0.25, 0.3) is 0 Å². The lowest BCUT2D eigenvalue weighted by molar-refractivity contribution is -0.173. The highest BCUT2D eigenvalue weighted by atomic mass is 35.5. The van der Waals surface area contributed by atoms with Crippen molar-refractivity contribution < 1.29 is 22.7 Å². The van der Waals surface area contributed by atoms with Gasteiger partial charge in [0.15, 0.2) is 11.7 Å². The normalized spacial score (nSPS) is 22.1. The van der Waals surface area contributed by atoms with E-state index < -0.39 is 24.2 Å². The zero-order chi connectivity index (χ0) is 22.3. The van der Waals surface area contributed by atoms with Crippen LogP contribution in [0.4, 0.5) is 19.0 Å².